The molecule has 2 aliphatic heterocycles. The van der Waals surface area contributed by atoms with Gasteiger partial charge in [0.25, 0.3) is 11.8 Å². The maximum Gasteiger partial charge on any atom is 0.322 e. The first-order chi connectivity index (χ1) is 17.7. The molecule has 1 aliphatic carbocycles. The van der Waals surface area contributed by atoms with E-state index in [0.717, 1.165) is 47.7 Å². The summed E-state index contributed by atoms with van der Waals surface area (Å²) in [5.41, 5.74) is 2.67. The van der Waals surface area contributed by atoms with Crippen LogP contribution >= 0.6 is 11.9 Å². The van der Waals surface area contributed by atoms with Crippen molar-refractivity contribution >= 4 is 40.8 Å². The number of carbonyl (C=O) groups is 3. The van der Waals surface area contributed by atoms with Gasteiger partial charge in [0.2, 0.25) is 0 Å². The van der Waals surface area contributed by atoms with Crippen LogP contribution in [0.5, 0.6) is 0 Å². The van der Waals surface area contributed by atoms with Crippen molar-refractivity contribution in [2.45, 2.75) is 17.4 Å². The first kappa shape index (κ1) is 26.5. The molecule has 0 bridgehead atoms. The first-order valence-electron chi connectivity index (χ1n) is 11.8. The number of benzene rings is 1. The third kappa shape index (κ3) is 6.43. The van der Waals surface area contributed by atoms with E-state index in [1.54, 1.807) is 30.0 Å². The molecule has 1 unspecified atom stereocenters. The first-order valence-corrected chi connectivity index (χ1v) is 12.7. The Morgan fingerprint density at radius 2 is 2.05 bits per heavy atom. The van der Waals surface area contributed by atoms with Gasteiger partial charge in [0.1, 0.15) is 17.1 Å². The molecule has 4 amide bonds. The van der Waals surface area contributed by atoms with Gasteiger partial charge in [0.15, 0.2) is 6.04 Å². The van der Waals surface area contributed by atoms with E-state index in [0.29, 0.717) is 11.3 Å². The molecule has 10 nitrogen and oxygen atoms in total. The molecule has 1 aromatic heterocycles. The molecule has 0 saturated carbocycles. The van der Waals surface area contributed by atoms with Crippen LogP contribution in [0.25, 0.3) is 11.0 Å². The Hall–Kier alpha value is -3.54. The fraction of sp³-hybridized carbons (Fsp3) is 0.346. The SMILES string of the molecule is CN(C)CCNSc1ccc2oc(C3NC(=O)NC3=O)cc2c1.COC1=CC2=C(CC=C1)CN(C)C2=O. The monoisotopic (exact) mass is 525 g/mol. The predicted molar refractivity (Wildman–Crippen MR) is 142 cm³/mol. The summed E-state index contributed by atoms with van der Waals surface area (Å²) >= 11 is 1.55. The van der Waals surface area contributed by atoms with E-state index in [2.05, 4.69) is 20.3 Å². The van der Waals surface area contributed by atoms with E-state index in [1.165, 1.54) is 5.57 Å². The lowest BCUT2D eigenvalue weighted by Gasteiger charge is -2.09. The van der Waals surface area contributed by atoms with E-state index in [-0.39, 0.29) is 5.91 Å². The highest BCUT2D eigenvalue weighted by atomic mass is 32.2. The molecule has 3 heterocycles. The molecular weight excluding hydrogens is 494 g/mol. The van der Waals surface area contributed by atoms with Crippen molar-refractivity contribution in [3.8, 4) is 0 Å². The van der Waals surface area contributed by atoms with Gasteiger partial charge >= 0.3 is 6.03 Å². The lowest BCUT2D eigenvalue weighted by Crippen LogP contribution is -2.22. The largest absolute Gasteiger partial charge is 0.497 e. The van der Waals surface area contributed by atoms with Crippen LogP contribution in [-0.2, 0) is 14.3 Å². The van der Waals surface area contributed by atoms with Gasteiger partial charge in [0.05, 0.1) is 7.11 Å². The lowest BCUT2D eigenvalue weighted by molar-refractivity contribution is -0.124. The Morgan fingerprint density at radius 3 is 2.76 bits per heavy atom. The van der Waals surface area contributed by atoms with E-state index in [1.807, 2.05) is 57.6 Å². The number of likely N-dealkylation sites (N-methyl/N-ethyl adjacent to an activating group) is 2. The Labute approximate surface area is 219 Å². The summed E-state index contributed by atoms with van der Waals surface area (Å²) in [6.45, 7) is 2.58. The number of methoxy groups -OCH3 is 1. The molecule has 3 aliphatic rings. The van der Waals surface area contributed by atoms with Gasteiger partial charge < -0.3 is 24.3 Å². The molecule has 3 N–H and O–H groups in total. The number of imide groups is 1. The summed E-state index contributed by atoms with van der Waals surface area (Å²) in [6.07, 6.45) is 6.61. The number of fused-ring (bicyclic) bond motifs is 1. The van der Waals surface area contributed by atoms with Crippen LogP contribution in [-0.4, -0.2) is 75.5 Å². The van der Waals surface area contributed by atoms with Crippen molar-refractivity contribution in [3.05, 3.63) is 65.2 Å². The highest BCUT2D eigenvalue weighted by Crippen LogP contribution is 2.29. The number of rotatable bonds is 7. The van der Waals surface area contributed by atoms with Gasteiger partial charge in [-0.05, 0) is 74.5 Å². The topological polar surface area (TPSA) is 116 Å². The summed E-state index contributed by atoms with van der Waals surface area (Å²) < 4.78 is 14.1. The zero-order chi connectivity index (χ0) is 26.5. The summed E-state index contributed by atoms with van der Waals surface area (Å²) in [4.78, 5) is 39.5. The number of carbonyl (C=O) groups excluding carboxylic acids is 3. The maximum atomic E-state index is 11.7. The number of amides is 4. The van der Waals surface area contributed by atoms with Gasteiger partial charge in [-0.25, -0.2) is 4.79 Å². The number of urea groups is 1. The second-order valence-electron chi connectivity index (χ2n) is 9.08. The van der Waals surface area contributed by atoms with Crippen LogP contribution < -0.4 is 15.4 Å². The third-order valence-corrected chi connectivity index (χ3v) is 6.81. The van der Waals surface area contributed by atoms with Gasteiger partial charge in [-0.2, -0.15) is 0 Å². The number of hydrogen-bond acceptors (Lipinski definition) is 8. The number of nitrogens with one attached hydrogen (secondary N) is 3. The molecule has 1 atom stereocenters. The number of ether oxygens (including phenoxy) is 1. The second-order valence-corrected chi connectivity index (χ2v) is 10.0. The lowest BCUT2D eigenvalue weighted by atomic mass is 10.1. The fourth-order valence-electron chi connectivity index (χ4n) is 4.04. The molecule has 1 fully saturated rings. The Kier molecular flexibility index (Phi) is 8.37. The molecule has 2 aromatic rings. The zero-order valence-electron chi connectivity index (χ0n) is 21.3. The standard InChI is InChI=1S/C15H18N4O3S.C11H13NO2/c1-19(2)6-5-16-23-10-3-4-11-9(7-10)8-12(22-11)13-14(20)18-15(21)17-13;1-12-7-8-4-3-5-9(14-2)6-10(8)11(12)13/h3-4,7-8,13,16H,5-6H2,1-2H3,(H2,17,18,20,21);3,5-6H,4,7H2,1-2H3. The second kappa shape index (κ2) is 11.7. The van der Waals surface area contributed by atoms with Gasteiger partial charge in [-0.3, -0.25) is 19.6 Å². The van der Waals surface area contributed by atoms with Crippen LogP contribution in [0.4, 0.5) is 4.79 Å². The van der Waals surface area contributed by atoms with Crippen LogP contribution in [0.1, 0.15) is 18.2 Å². The molecule has 1 aromatic carbocycles. The average molecular weight is 526 g/mol. The van der Waals surface area contributed by atoms with Gasteiger partial charge in [-0.15, -0.1) is 0 Å². The maximum absolute atomic E-state index is 11.7. The molecule has 196 valence electrons. The number of furan rings is 1. The van der Waals surface area contributed by atoms with Crippen LogP contribution in [0.15, 0.2) is 68.7 Å². The van der Waals surface area contributed by atoms with E-state index in [4.69, 9.17) is 9.15 Å². The van der Waals surface area contributed by atoms with Gasteiger partial charge in [0, 0.05) is 42.5 Å². The Balaban J connectivity index is 0.000000195. The van der Waals surface area contributed by atoms with Crippen molar-refractivity contribution in [3.63, 3.8) is 0 Å². The minimum absolute atomic E-state index is 0.0956. The third-order valence-electron chi connectivity index (χ3n) is 5.97. The summed E-state index contributed by atoms with van der Waals surface area (Å²) in [6, 6.07) is 6.34. The fourth-order valence-corrected chi connectivity index (χ4v) is 4.72. The van der Waals surface area contributed by atoms with Crippen molar-refractivity contribution in [1.29, 1.82) is 0 Å². The molecule has 1 saturated heterocycles. The molecule has 37 heavy (non-hydrogen) atoms. The van der Waals surface area contributed by atoms with Crippen molar-refractivity contribution in [2.75, 3.05) is 47.9 Å². The summed E-state index contributed by atoms with van der Waals surface area (Å²) in [7, 11) is 7.50. The zero-order valence-corrected chi connectivity index (χ0v) is 22.1. The Morgan fingerprint density at radius 1 is 1.24 bits per heavy atom. The summed E-state index contributed by atoms with van der Waals surface area (Å²) in [5.74, 6) is 0.886. The molecule has 0 spiro atoms. The van der Waals surface area contributed by atoms with Crippen molar-refractivity contribution in [2.24, 2.45) is 0 Å². The van der Waals surface area contributed by atoms with E-state index in [9.17, 15) is 14.4 Å². The number of nitrogens with zero attached hydrogens (tertiary/aromatic N) is 2. The molecule has 11 heteroatoms. The molecular formula is C26H31N5O5S. The number of hydrogen-bond donors (Lipinski definition) is 3. The van der Waals surface area contributed by atoms with Crippen LogP contribution in [0, 0.1) is 0 Å². The summed E-state index contributed by atoms with van der Waals surface area (Å²) in [5, 5.41) is 5.63. The minimum atomic E-state index is -0.760. The normalized spacial score (nSPS) is 18.9. The number of allylic oxidation sites excluding steroid dienone is 2. The minimum Gasteiger partial charge on any atom is -0.497 e. The van der Waals surface area contributed by atoms with Crippen LogP contribution in [0.3, 0.4) is 0 Å². The predicted octanol–water partition coefficient (Wildman–Crippen LogP) is 2.72. The van der Waals surface area contributed by atoms with E-state index < -0.39 is 18.0 Å². The van der Waals surface area contributed by atoms with Gasteiger partial charge in [-0.1, -0.05) is 6.08 Å². The quantitative estimate of drug-likeness (QED) is 0.287. The van der Waals surface area contributed by atoms with Crippen molar-refractivity contribution in [1.82, 2.24) is 25.2 Å². The average Bonchev–Trinajstić information content (AvgIpc) is 3.46. The Bertz CT molecular complexity index is 1300. The highest BCUT2D eigenvalue weighted by molar-refractivity contribution is 7.97. The molecule has 0 radical (unpaired) electrons. The molecule has 5 rings (SSSR count). The highest BCUT2D eigenvalue weighted by Gasteiger charge is 2.33. The van der Waals surface area contributed by atoms with Crippen LogP contribution in [0.2, 0.25) is 0 Å². The smallest absolute Gasteiger partial charge is 0.322 e. The van der Waals surface area contributed by atoms with Crippen molar-refractivity contribution < 1.29 is 23.5 Å². The van der Waals surface area contributed by atoms with E-state index >= 15 is 0 Å².